The SMILES string of the molecule is CCC(CO)(CO)CO.CCC(CO)CO. The molecule has 100 valence electrons. The summed E-state index contributed by atoms with van der Waals surface area (Å²) in [5, 5.41) is 42.7. The van der Waals surface area contributed by atoms with Crippen LogP contribution in [0.5, 0.6) is 0 Å². The molecule has 5 heteroatoms. The van der Waals surface area contributed by atoms with Crippen molar-refractivity contribution in [3.8, 4) is 0 Å². The summed E-state index contributed by atoms with van der Waals surface area (Å²) in [5.74, 6) is 0.0972. The van der Waals surface area contributed by atoms with Crippen molar-refractivity contribution in [3.05, 3.63) is 0 Å². The zero-order valence-electron chi connectivity index (χ0n) is 10.3. The minimum atomic E-state index is -0.667. The summed E-state index contributed by atoms with van der Waals surface area (Å²) >= 11 is 0. The number of rotatable bonds is 7. The highest BCUT2D eigenvalue weighted by molar-refractivity contribution is 4.74. The van der Waals surface area contributed by atoms with Gasteiger partial charge in [0.05, 0.1) is 19.8 Å². The van der Waals surface area contributed by atoms with Gasteiger partial charge in [-0.05, 0) is 12.8 Å². The van der Waals surface area contributed by atoms with E-state index < -0.39 is 5.41 Å². The Balaban J connectivity index is 0. The van der Waals surface area contributed by atoms with Gasteiger partial charge in [0.1, 0.15) is 0 Å². The van der Waals surface area contributed by atoms with E-state index in [4.69, 9.17) is 25.5 Å². The highest BCUT2D eigenvalue weighted by Gasteiger charge is 2.24. The molecule has 0 radical (unpaired) electrons. The average Bonchev–Trinajstić information content (AvgIpc) is 2.36. The summed E-state index contributed by atoms with van der Waals surface area (Å²) in [6, 6.07) is 0. The molecule has 0 atom stereocenters. The third-order valence-electron chi connectivity index (χ3n) is 2.85. The van der Waals surface area contributed by atoms with Crippen LogP contribution in [0.1, 0.15) is 26.7 Å². The van der Waals surface area contributed by atoms with Gasteiger partial charge >= 0.3 is 0 Å². The van der Waals surface area contributed by atoms with Gasteiger partial charge in [0.25, 0.3) is 0 Å². The van der Waals surface area contributed by atoms with Gasteiger partial charge in [-0.1, -0.05) is 13.8 Å². The summed E-state index contributed by atoms with van der Waals surface area (Å²) in [6.07, 6.45) is 1.45. The minimum Gasteiger partial charge on any atom is -0.396 e. The maximum Gasteiger partial charge on any atom is 0.0531 e. The van der Waals surface area contributed by atoms with Gasteiger partial charge in [0.15, 0.2) is 0 Å². The van der Waals surface area contributed by atoms with Crippen LogP contribution in [0.4, 0.5) is 0 Å². The van der Waals surface area contributed by atoms with E-state index in [-0.39, 0.29) is 39.0 Å². The fraction of sp³-hybridized carbons (Fsp3) is 1.00. The number of aliphatic hydroxyl groups is 5. The summed E-state index contributed by atoms with van der Waals surface area (Å²) in [4.78, 5) is 0. The molecule has 0 aromatic rings. The molecule has 0 saturated heterocycles. The number of hydrogen-bond donors (Lipinski definition) is 5. The first kappa shape index (κ1) is 18.2. The van der Waals surface area contributed by atoms with Crippen LogP contribution in [0.25, 0.3) is 0 Å². The van der Waals surface area contributed by atoms with Crippen LogP contribution in [-0.4, -0.2) is 58.6 Å². The van der Waals surface area contributed by atoms with Crippen molar-refractivity contribution < 1.29 is 25.5 Å². The van der Waals surface area contributed by atoms with Crippen LogP contribution in [0.15, 0.2) is 0 Å². The molecule has 0 aliphatic rings. The topological polar surface area (TPSA) is 101 Å². The molecule has 0 aromatic heterocycles. The monoisotopic (exact) mass is 238 g/mol. The van der Waals surface area contributed by atoms with Gasteiger partial charge < -0.3 is 25.5 Å². The molecule has 0 aliphatic heterocycles. The molecule has 0 bridgehead atoms. The Morgan fingerprint density at radius 2 is 1.19 bits per heavy atom. The number of aliphatic hydroxyl groups excluding tert-OH is 5. The maximum absolute atomic E-state index is 8.66. The lowest BCUT2D eigenvalue weighted by Gasteiger charge is -2.24. The molecule has 0 fully saturated rings. The van der Waals surface area contributed by atoms with E-state index in [1.54, 1.807) is 0 Å². The van der Waals surface area contributed by atoms with Gasteiger partial charge in [-0.2, -0.15) is 0 Å². The van der Waals surface area contributed by atoms with E-state index in [0.717, 1.165) is 6.42 Å². The van der Waals surface area contributed by atoms with E-state index in [9.17, 15) is 0 Å². The highest BCUT2D eigenvalue weighted by Crippen LogP contribution is 2.18. The van der Waals surface area contributed by atoms with E-state index in [1.165, 1.54) is 0 Å². The largest absolute Gasteiger partial charge is 0.396 e. The van der Waals surface area contributed by atoms with Crippen molar-refractivity contribution in [2.45, 2.75) is 26.7 Å². The van der Waals surface area contributed by atoms with Crippen molar-refractivity contribution in [2.24, 2.45) is 11.3 Å². The van der Waals surface area contributed by atoms with Gasteiger partial charge in [-0.3, -0.25) is 0 Å². The fourth-order valence-corrected chi connectivity index (χ4v) is 0.801. The summed E-state index contributed by atoms with van der Waals surface area (Å²) in [5.41, 5.74) is -0.667. The zero-order chi connectivity index (χ0) is 13.0. The molecule has 0 heterocycles. The molecule has 0 rings (SSSR count). The average molecular weight is 238 g/mol. The number of hydrogen-bond acceptors (Lipinski definition) is 5. The molecule has 0 aromatic carbocycles. The van der Waals surface area contributed by atoms with Crippen molar-refractivity contribution in [1.29, 1.82) is 0 Å². The molecule has 0 saturated carbocycles. The van der Waals surface area contributed by atoms with E-state index >= 15 is 0 Å². The Hall–Kier alpha value is -0.200. The Labute approximate surface area is 97.4 Å². The van der Waals surface area contributed by atoms with E-state index in [1.807, 2.05) is 13.8 Å². The van der Waals surface area contributed by atoms with Crippen LogP contribution in [0, 0.1) is 11.3 Å². The molecule has 0 spiro atoms. The third kappa shape index (κ3) is 7.14. The van der Waals surface area contributed by atoms with Crippen LogP contribution in [0.3, 0.4) is 0 Å². The first-order valence-corrected chi connectivity index (χ1v) is 5.63. The van der Waals surface area contributed by atoms with E-state index in [0.29, 0.717) is 6.42 Å². The molecular weight excluding hydrogens is 212 g/mol. The van der Waals surface area contributed by atoms with Crippen molar-refractivity contribution in [1.82, 2.24) is 0 Å². The molecule has 0 amide bonds. The van der Waals surface area contributed by atoms with Crippen LogP contribution in [0.2, 0.25) is 0 Å². The van der Waals surface area contributed by atoms with Crippen LogP contribution in [-0.2, 0) is 0 Å². The molecule has 5 nitrogen and oxygen atoms in total. The first-order valence-electron chi connectivity index (χ1n) is 5.63. The quantitative estimate of drug-likeness (QED) is 0.406. The minimum absolute atomic E-state index is 0.0972. The van der Waals surface area contributed by atoms with Gasteiger partial charge in [0, 0.05) is 24.5 Å². The zero-order valence-corrected chi connectivity index (χ0v) is 10.3. The fourth-order valence-electron chi connectivity index (χ4n) is 0.801. The molecule has 16 heavy (non-hydrogen) atoms. The second-order valence-corrected chi connectivity index (χ2v) is 3.97. The van der Waals surface area contributed by atoms with Gasteiger partial charge in [0.2, 0.25) is 0 Å². The van der Waals surface area contributed by atoms with Crippen LogP contribution >= 0.6 is 0 Å². The normalized spacial score (nSPS) is 11.2. The van der Waals surface area contributed by atoms with E-state index in [2.05, 4.69) is 0 Å². The maximum atomic E-state index is 8.66. The Morgan fingerprint density at radius 1 is 0.812 bits per heavy atom. The second-order valence-electron chi connectivity index (χ2n) is 3.97. The predicted molar refractivity (Wildman–Crippen MR) is 61.9 cm³/mol. The lowest BCUT2D eigenvalue weighted by Crippen LogP contribution is -2.32. The summed E-state index contributed by atoms with van der Waals surface area (Å²) in [7, 11) is 0. The van der Waals surface area contributed by atoms with Crippen molar-refractivity contribution in [2.75, 3.05) is 33.0 Å². The lowest BCUT2D eigenvalue weighted by atomic mass is 9.88. The smallest absolute Gasteiger partial charge is 0.0531 e. The van der Waals surface area contributed by atoms with Crippen LogP contribution < -0.4 is 0 Å². The predicted octanol–water partition coefficient (Wildman–Crippen LogP) is -0.643. The summed E-state index contributed by atoms with van der Waals surface area (Å²) < 4.78 is 0. The molecule has 0 aliphatic carbocycles. The second kappa shape index (κ2) is 11.3. The highest BCUT2D eigenvalue weighted by atomic mass is 16.3. The van der Waals surface area contributed by atoms with Gasteiger partial charge in [-0.15, -0.1) is 0 Å². The standard InChI is InChI=1S/C6H14O3.C5H12O2/c1-2-6(3-7,4-8)5-9;1-2-5(3-6)4-7/h7-9H,2-5H2,1H3;5-7H,2-4H2,1H3. The third-order valence-corrected chi connectivity index (χ3v) is 2.85. The first-order chi connectivity index (χ1) is 7.59. The Morgan fingerprint density at radius 3 is 1.19 bits per heavy atom. The molecule has 0 unspecified atom stereocenters. The molecular formula is C11H26O5. The van der Waals surface area contributed by atoms with Crippen molar-refractivity contribution in [3.63, 3.8) is 0 Å². The van der Waals surface area contributed by atoms with Gasteiger partial charge in [-0.25, -0.2) is 0 Å². The van der Waals surface area contributed by atoms with Crippen molar-refractivity contribution >= 4 is 0 Å². The molecule has 5 N–H and O–H groups in total. The summed E-state index contributed by atoms with van der Waals surface area (Å²) in [6.45, 7) is 3.50. The Bertz CT molecular complexity index is 109. The Kier molecular flexibility index (Phi) is 12.8. The lowest BCUT2D eigenvalue weighted by molar-refractivity contribution is 0.00304.